The number of nitrogens with zero attached hydrogens (tertiary/aromatic N) is 4. The molecule has 0 amide bonds. The minimum atomic E-state index is -0.945. The molecule has 29 heavy (non-hydrogen) atoms. The summed E-state index contributed by atoms with van der Waals surface area (Å²) >= 11 is 0. The second-order valence-corrected chi connectivity index (χ2v) is 6.95. The van der Waals surface area contributed by atoms with Crippen LogP contribution in [0.15, 0.2) is 65.7 Å². The quantitative estimate of drug-likeness (QED) is 0.539. The lowest BCUT2D eigenvalue weighted by Gasteiger charge is -2.13. The summed E-state index contributed by atoms with van der Waals surface area (Å²) in [7, 11) is 0. The molecule has 3 heterocycles. The molecular formula is C22H19FN4O2. The summed E-state index contributed by atoms with van der Waals surface area (Å²) in [6, 6.07) is 9.53. The van der Waals surface area contributed by atoms with Gasteiger partial charge in [-0.2, -0.15) is 0 Å². The molecule has 0 bridgehead atoms. The van der Waals surface area contributed by atoms with Crippen molar-refractivity contribution in [3.8, 4) is 22.6 Å². The number of pyridine rings is 1. The van der Waals surface area contributed by atoms with Gasteiger partial charge < -0.3 is 9.63 Å². The van der Waals surface area contributed by atoms with Crippen LogP contribution in [0, 0.1) is 5.82 Å². The molecule has 4 rings (SSSR count). The van der Waals surface area contributed by atoms with Crippen molar-refractivity contribution in [2.24, 2.45) is 0 Å². The van der Waals surface area contributed by atoms with Gasteiger partial charge in [0.2, 0.25) is 0 Å². The van der Waals surface area contributed by atoms with Crippen molar-refractivity contribution < 1.29 is 14.0 Å². The molecule has 0 saturated heterocycles. The van der Waals surface area contributed by atoms with Crippen molar-refractivity contribution in [3.63, 3.8) is 0 Å². The molecule has 0 aliphatic rings. The van der Waals surface area contributed by atoms with E-state index in [0.29, 0.717) is 39.5 Å². The van der Waals surface area contributed by atoms with Gasteiger partial charge in [-0.15, -0.1) is 0 Å². The summed E-state index contributed by atoms with van der Waals surface area (Å²) in [5.74, 6) is 0.773. The van der Waals surface area contributed by atoms with E-state index < -0.39 is 6.10 Å². The smallest absolute Gasteiger partial charge is 0.159 e. The molecule has 0 spiro atoms. The number of benzene rings is 1. The number of hydrogen-bond donors (Lipinski definition) is 1. The summed E-state index contributed by atoms with van der Waals surface area (Å²) in [5.41, 5.74) is 3.02. The summed E-state index contributed by atoms with van der Waals surface area (Å²) in [5, 5.41) is 15.2. The molecule has 0 saturated carbocycles. The monoisotopic (exact) mass is 390 g/mol. The molecule has 7 heteroatoms. The highest BCUT2D eigenvalue weighted by atomic mass is 19.1. The molecule has 0 aliphatic heterocycles. The second kappa shape index (κ2) is 7.89. The van der Waals surface area contributed by atoms with Gasteiger partial charge in [0.15, 0.2) is 5.82 Å². The normalized spacial score (nSPS) is 12.3. The third kappa shape index (κ3) is 3.77. The van der Waals surface area contributed by atoms with Crippen molar-refractivity contribution in [1.29, 1.82) is 0 Å². The Bertz CT molecular complexity index is 1090. The standard InChI is InChI=1S/C22H19FN4O2/c1-13(2)21-18(20(28)15-4-3-9-24-10-15)19(27-29-21)16-11-25-22(26-12-16)14-5-7-17(23)8-6-14/h3-13,20,28H,1-2H3. The largest absolute Gasteiger partial charge is 0.383 e. The summed E-state index contributed by atoms with van der Waals surface area (Å²) in [4.78, 5) is 12.8. The number of aliphatic hydroxyl groups is 1. The van der Waals surface area contributed by atoms with Crippen LogP contribution in [0.25, 0.3) is 22.6 Å². The number of hydrogen-bond acceptors (Lipinski definition) is 6. The van der Waals surface area contributed by atoms with Crippen molar-refractivity contribution in [3.05, 3.63) is 83.9 Å². The van der Waals surface area contributed by atoms with Crippen LogP contribution in [0.3, 0.4) is 0 Å². The molecule has 0 fully saturated rings. The van der Waals surface area contributed by atoms with Crippen LogP contribution < -0.4 is 0 Å². The first-order chi connectivity index (χ1) is 14.0. The Balaban J connectivity index is 1.74. The molecule has 146 valence electrons. The van der Waals surface area contributed by atoms with E-state index in [4.69, 9.17) is 4.52 Å². The van der Waals surface area contributed by atoms with E-state index in [-0.39, 0.29) is 11.7 Å². The van der Waals surface area contributed by atoms with Crippen molar-refractivity contribution >= 4 is 0 Å². The average Bonchev–Trinajstić information content (AvgIpc) is 3.20. The number of halogens is 1. The van der Waals surface area contributed by atoms with E-state index >= 15 is 0 Å². The zero-order valence-corrected chi connectivity index (χ0v) is 16.0. The first kappa shape index (κ1) is 18.9. The van der Waals surface area contributed by atoms with Crippen LogP contribution >= 0.6 is 0 Å². The van der Waals surface area contributed by atoms with E-state index in [0.717, 1.165) is 0 Å². The Morgan fingerprint density at radius 3 is 2.31 bits per heavy atom. The fourth-order valence-corrected chi connectivity index (χ4v) is 3.10. The first-order valence-corrected chi connectivity index (χ1v) is 9.20. The van der Waals surface area contributed by atoms with Gasteiger partial charge in [-0.3, -0.25) is 4.98 Å². The van der Waals surface area contributed by atoms with E-state index in [1.165, 1.54) is 12.1 Å². The van der Waals surface area contributed by atoms with Crippen LogP contribution in [0.5, 0.6) is 0 Å². The van der Waals surface area contributed by atoms with Crippen molar-refractivity contribution in [2.75, 3.05) is 0 Å². The molecule has 1 unspecified atom stereocenters. The average molecular weight is 390 g/mol. The SMILES string of the molecule is CC(C)c1onc(-c2cnc(-c3ccc(F)cc3)nc2)c1C(O)c1cccnc1. The summed E-state index contributed by atoms with van der Waals surface area (Å²) < 4.78 is 18.7. The number of aliphatic hydroxyl groups excluding tert-OH is 1. The van der Waals surface area contributed by atoms with Gasteiger partial charge >= 0.3 is 0 Å². The fraction of sp³-hybridized carbons (Fsp3) is 0.182. The third-order valence-corrected chi connectivity index (χ3v) is 4.58. The Hall–Kier alpha value is -3.45. The van der Waals surface area contributed by atoms with E-state index in [9.17, 15) is 9.50 Å². The second-order valence-electron chi connectivity index (χ2n) is 6.95. The maximum Gasteiger partial charge on any atom is 0.159 e. The lowest BCUT2D eigenvalue weighted by atomic mass is 9.94. The zero-order valence-electron chi connectivity index (χ0n) is 16.0. The summed E-state index contributed by atoms with van der Waals surface area (Å²) in [6.45, 7) is 3.94. The van der Waals surface area contributed by atoms with Gasteiger partial charge in [0.1, 0.15) is 23.4 Å². The lowest BCUT2D eigenvalue weighted by molar-refractivity contribution is 0.216. The van der Waals surface area contributed by atoms with Gasteiger partial charge in [-0.25, -0.2) is 14.4 Å². The highest BCUT2D eigenvalue weighted by Crippen LogP contribution is 2.36. The molecule has 6 nitrogen and oxygen atoms in total. The minimum Gasteiger partial charge on any atom is -0.383 e. The van der Waals surface area contributed by atoms with Crippen LogP contribution in [-0.4, -0.2) is 25.2 Å². The molecule has 1 N–H and O–H groups in total. The first-order valence-electron chi connectivity index (χ1n) is 9.20. The predicted molar refractivity (Wildman–Crippen MR) is 105 cm³/mol. The molecule has 0 radical (unpaired) electrons. The van der Waals surface area contributed by atoms with Gasteiger partial charge in [-0.05, 0) is 30.3 Å². The predicted octanol–water partition coefficient (Wildman–Crippen LogP) is 4.54. The molecule has 4 aromatic rings. The molecule has 3 aromatic heterocycles. The lowest BCUT2D eigenvalue weighted by Crippen LogP contribution is -2.05. The zero-order chi connectivity index (χ0) is 20.4. The fourth-order valence-electron chi connectivity index (χ4n) is 3.10. The van der Waals surface area contributed by atoms with Gasteiger partial charge in [0, 0.05) is 47.4 Å². The van der Waals surface area contributed by atoms with Crippen LogP contribution in [0.4, 0.5) is 4.39 Å². The van der Waals surface area contributed by atoms with E-state index in [1.807, 2.05) is 13.8 Å². The van der Waals surface area contributed by atoms with Crippen LogP contribution in [0.2, 0.25) is 0 Å². The Labute approximate surface area is 167 Å². The van der Waals surface area contributed by atoms with Crippen molar-refractivity contribution in [1.82, 2.24) is 20.1 Å². The number of aromatic nitrogens is 4. The maximum atomic E-state index is 13.1. The molecule has 0 aliphatic carbocycles. The molecule has 1 aromatic carbocycles. The molecular weight excluding hydrogens is 371 g/mol. The van der Waals surface area contributed by atoms with Gasteiger partial charge in [-0.1, -0.05) is 25.1 Å². The highest BCUT2D eigenvalue weighted by molar-refractivity contribution is 5.65. The Morgan fingerprint density at radius 2 is 1.69 bits per heavy atom. The number of rotatable bonds is 5. The minimum absolute atomic E-state index is 0.0250. The van der Waals surface area contributed by atoms with Crippen LogP contribution in [-0.2, 0) is 0 Å². The Morgan fingerprint density at radius 1 is 0.966 bits per heavy atom. The van der Waals surface area contributed by atoms with Gasteiger partial charge in [0.25, 0.3) is 0 Å². The highest BCUT2D eigenvalue weighted by Gasteiger charge is 2.27. The third-order valence-electron chi connectivity index (χ3n) is 4.58. The topological polar surface area (TPSA) is 84.9 Å². The molecule has 1 atom stereocenters. The van der Waals surface area contributed by atoms with Crippen LogP contribution in [0.1, 0.15) is 42.8 Å². The Kier molecular flexibility index (Phi) is 5.14. The van der Waals surface area contributed by atoms with Gasteiger partial charge in [0.05, 0.1) is 5.56 Å². The van der Waals surface area contributed by atoms with E-state index in [2.05, 4.69) is 20.1 Å². The van der Waals surface area contributed by atoms with Crippen molar-refractivity contribution in [2.45, 2.75) is 25.9 Å². The van der Waals surface area contributed by atoms with E-state index in [1.54, 1.807) is 49.1 Å². The summed E-state index contributed by atoms with van der Waals surface area (Å²) in [6.07, 6.45) is 5.55. The maximum absolute atomic E-state index is 13.1.